The van der Waals surface area contributed by atoms with E-state index >= 15 is 0 Å². The van der Waals surface area contributed by atoms with Crippen LogP contribution in [0.4, 0.5) is 0 Å². The number of sulfonamides is 1. The molecule has 1 aromatic heterocycles. The van der Waals surface area contributed by atoms with Gasteiger partial charge in [-0.05, 0) is 45.1 Å². The van der Waals surface area contributed by atoms with Crippen LogP contribution >= 0.6 is 0 Å². The van der Waals surface area contributed by atoms with Crippen LogP contribution in [0.25, 0.3) is 0 Å². The lowest BCUT2D eigenvalue weighted by Crippen LogP contribution is -2.59. The summed E-state index contributed by atoms with van der Waals surface area (Å²) in [6, 6.07) is 0.0119. The molecular weight excluding hydrogens is 312 g/mol. The Kier molecular flexibility index (Phi) is 3.77. The van der Waals surface area contributed by atoms with Gasteiger partial charge in [0.15, 0.2) is 0 Å². The fourth-order valence-corrected chi connectivity index (χ4v) is 6.16. The second kappa shape index (κ2) is 5.57. The molecule has 3 aliphatic rings. The summed E-state index contributed by atoms with van der Waals surface area (Å²) in [6.07, 6.45) is 10.3. The molecule has 0 radical (unpaired) electrons. The van der Waals surface area contributed by atoms with E-state index in [0.29, 0.717) is 10.8 Å². The average Bonchev–Trinajstić information content (AvgIpc) is 3.14. The summed E-state index contributed by atoms with van der Waals surface area (Å²) in [4.78, 5) is 0.397. The number of hydrogen-bond donors (Lipinski definition) is 2. The van der Waals surface area contributed by atoms with Crippen LogP contribution < -0.4 is 10.0 Å². The van der Waals surface area contributed by atoms with Crippen molar-refractivity contribution in [3.8, 4) is 0 Å². The summed E-state index contributed by atoms with van der Waals surface area (Å²) in [5.74, 6) is 0.294. The highest BCUT2D eigenvalue weighted by Crippen LogP contribution is 2.40. The van der Waals surface area contributed by atoms with Gasteiger partial charge in [0.05, 0.1) is 5.69 Å². The molecule has 1 aliphatic heterocycles. The summed E-state index contributed by atoms with van der Waals surface area (Å²) in [7, 11) is -1.70. The Bertz CT molecular complexity index is 687. The van der Waals surface area contributed by atoms with Crippen LogP contribution in [-0.4, -0.2) is 36.3 Å². The Morgan fingerprint density at radius 2 is 2.00 bits per heavy atom. The second-order valence-corrected chi connectivity index (χ2v) is 9.12. The fraction of sp³-hybridized carbons (Fsp3) is 0.812. The van der Waals surface area contributed by atoms with Crippen LogP contribution in [0.3, 0.4) is 0 Å². The summed E-state index contributed by atoms with van der Waals surface area (Å²) < 4.78 is 30.7. The third kappa shape index (κ3) is 2.62. The van der Waals surface area contributed by atoms with E-state index in [2.05, 4.69) is 15.1 Å². The molecule has 7 heteroatoms. The van der Waals surface area contributed by atoms with Crippen LogP contribution in [0.5, 0.6) is 0 Å². The highest BCUT2D eigenvalue weighted by atomic mass is 32.2. The van der Waals surface area contributed by atoms with Crippen molar-refractivity contribution in [1.29, 1.82) is 0 Å². The van der Waals surface area contributed by atoms with E-state index in [1.54, 1.807) is 10.9 Å². The maximum atomic E-state index is 13.0. The lowest BCUT2D eigenvalue weighted by atomic mass is 9.73. The Labute approximate surface area is 138 Å². The zero-order valence-corrected chi connectivity index (χ0v) is 14.5. The van der Waals surface area contributed by atoms with Crippen LogP contribution in [0, 0.1) is 0 Å². The van der Waals surface area contributed by atoms with Gasteiger partial charge in [-0.2, -0.15) is 5.10 Å². The zero-order chi connectivity index (χ0) is 16.1. The molecule has 0 bridgehead atoms. The van der Waals surface area contributed by atoms with E-state index in [4.69, 9.17) is 0 Å². The van der Waals surface area contributed by atoms with Gasteiger partial charge in [-0.15, -0.1) is 0 Å². The first kappa shape index (κ1) is 15.6. The molecule has 2 aliphatic carbocycles. The van der Waals surface area contributed by atoms with Gasteiger partial charge in [0.2, 0.25) is 10.0 Å². The topological polar surface area (TPSA) is 76.0 Å². The molecular formula is C16H26N4O2S. The molecule has 1 spiro atoms. The molecule has 2 N–H and O–H groups in total. The van der Waals surface area contributed by atoms with Crippen molar-refractivity contribution in [2.24, 2.45) is 7.05 Å². The summed E-state index contributed by atoms with van der Waals surface area (Å²) in [5.41, 5.74) is 0.772. The summed E-state index contributed by atoms with van der Waals surface area (Å²) >= 11 is 0. The minimum atomic E-state index is -3.51. The lowest BCUT2D eigenvalue weighted by Gasteiger charge is -2.43. The molecule has 3 fully saturated rings. The van der Waals surface area contributed by atoms with Crippen molar-refractivity contribution in [2.45, 2.75) is 73.8 Å². The third-order valence-corrected chi connectivity index (χ3v) is 7.46. The first-order valence-corrected chi connectivity index (χ1v) is 10.3. The molecule has 2 heterocycles. The number of aromatic nitrogens is 2. The molecule has 0 aromatic carbocycles. The van der Waals surface area contributed by atoms with Crippen molar-refractivity contribution < 1.29 is 8.42 Å². The van der Waals surface area contributed by atoms with Gasteiger partial charge in [0.25, 0.3) is 0 Å². The fourth-order valence-electron chi connectivity index (χ4n) is 4.54. The average molecular weight is 338 g/mol. The second-order valence-electron chi connectivity index (χ2n) is 7.43. The molecule has 6 nitrogen and oxygen atoms in total. The van der Waals surface area contributed by atoms with E-state index in [1.165, 1.54) is 19.3 Å². The Morgan fingerprint density at radius 3 is 2.65 bits per heavy atom. The van der Waals surface area contributed by atoms with Gasteiger partial charge in [0.1, 0.15) is 4.90 Å². The predicted molar refractivity (Wildman–Crippen MR) is 87.7 cm³/mol. The summed E-state index contributed by atoms with van der Waals surface area (Å²) in [6.45, 7) is 0.899. The number of nitrogens with one attached hydrogen (secondary N) is 2. The van der Waals surface area contributed by atoms with Crippen LogP contribution in [0.2, 0.25) is 0 Å². The monoisotopic (exact) mass is 338 g/mol. The molecule has 23 heavy (non-hydrogen) atoms. The van der Waals surface area contributed by atoms with Crippen molar-refractivity contribution in [1.82, 2.24) is 19.8 Å². The quantitative estimate of drug-likeness (QED) is 0.875. The van der Waals surface area contributed by atoms with Crippen molar-refractivity contribution >= 4 is 10.0 Å². The van der Waals surface area contributed by atoms with Crippen LogP contribution in [0.1, 0.15) is 63.0 Å². The Balaban J connectivity index is 1.61. The van der Waals surface area contributed by atoms with E-state index in [0.717, 1.165) is 44.3 Å². The Hall–Kier alpha value is -0.920. The first-order chi connectivity index (χ1) is 11.0. The molecule has 2 saturated carbocycles. The third-order valence-electron chi connectivity index (χ3n) is 5.97. The molecule has 1 saturated heterocycles. The highest BCUT2D eigenvalue weighted by molar-refractivity contribution is 7.89. The summed E-state index contributed by atoms with van der Waals surface area (Å²) in [5, 5.41) is 8.01. The lowest BCUT2D eigenvalue weighted by molar-refractivity contribution is 0.184. The molecule has 1 unspecified atom stereocenters. The van der Waals surface area contributed by atoms with Gasteiger partial charge in [-0.3, -0.25) is 4.68 Å². The van der Waals surface area contributed by atoms with Gasteiger partial charge in [-0.25, -0.2) is 13.1 Å². The first-order valence-electron chi connectivity index (χ1n) is 8.81. The Morgan fingerprint density at radius 1 is 1.26 bits per heavy atom. The van der Waals surface area contributed by atoms with Crippen LogP contribution in [-0.2, 0) is 17.1 Å². The van der Waals surface area contributed by atoms with Crippen molar-refractivity contribution in [2.75, 3.05) is 6.54 Å². The number of nitrogens with zero attached hydrogens (tertiary/aromatic N) is 2. The number of hydrogen-bond acceptors (Lipinski definition) is 4. The van der Waals surface area contributed by atoms with E-state index in [1.807, 2.05) is 7.05 Å². The minimum absolute atomic E-state index is 0.00278. The number of aryl methyl sites for hydroxylation is 1. The normalized spacial score (nSPS) is 27.6. The standard InChI is InChI=1S/C16H26N4O2S/c1-20-11-13(15(18-20)12-5-2-3-6-12)23(21,22)19-14-7-10-17-16(14)8-4-9-16/h11-12,14,17,19H,2-10H2,1H3. The maximum absolute atomic E-state index is 13.0. The maximum Gasteiger partial charge on any atom is 0.244 e. The highest BCUT2D eigenvalue weighted by Gasteiger charge is 2.48. The number of rotatable bonds is 4. The van der Waals surface area contributed by atoms with Gasteiger partial charge in [0, 0.05) is 30.7 Å². The van der Waals surface area contributed by atoms with Gasteiger partial charge in [-0.1, -0.05) is 12.8 Å². The van der Waals surface area contributed by atoms with Crippen molar-refractivity contribution in [3.05, 3.63) is 11.9 Å². The molecule has 0 amide bonds. The van der Waals surface area contributed by atoms with Crippen molar-refractivity contribution in [3.63, 3.8) is 0 Å². The van der Waals surface area contributed by atoms with E-state index in [9.17, 15) is 8.42 Å². The van der Waals surface area contributed by atoms with E-state index < -0.39 is 10.0 Å². The molecule has 1 aromatic rings. The van der Waals surface area contributed by atoms with Gasteiger partial charge < -0.3 is 5.32 Å². The predicted octanol–water partition coefficient (Wildman–Crippen LogP) is 1.64. The molecule has 4 rings (SSSR count). The molecule has 1 atom stereocenters. The largest absolute Gasteiger partial charge is 0.310 e. The van der Waals surface area contributed by atoms with E-state index in [-0.39, 0.29) is 11.6 Å². The van der Waals surface area contributed by atoms with Gasteiger partial charge >= 0.3 is 0 Å². The SMILES string of the molecule is Cn1cc(S(=O)(=O)NC2CCNC23CCC3)c(C2CCCC2)n1. The molecule has 128 valence electrons. The van der Waals surface area contributed by atoms with Crippen LogP contribution in [0.15, 0.2) is 11.1 Å². The smallest absolute Gasteiger partial charge is 0.244 e. The minimum Gasteiger partial charge on any atom is -0.310 e. The zero-order valence-electron chi connectivity index (χ0n) is 13.7.